The number of nitrogens with zero attached hydrogens (tertiary/aromatic N) is 1. The van der Waals surface area contributed by atoms with Crippen LogP contribution in [0.25, 0.3) is 0 Å². The number of β-amino-alcohol motifs (C(OH)–C–C–N with tert-alkyl or cyclic N) is 1. The van der Waals surface area contributed by atoms with Crippen molar-refractivity contribution in [3.63, 3.8) is 0 Å². The van der Waals surface area contributed by atoms with E-state index in [1.54, 1.807) is 4.90 Å². The van der Waals surface area contributed by atoms with Crippen molar-refractivity contribution in [3.05, 3.63) is 35.9 Å². The van der Waals surface area contributed by atoms with Crippen LogP contribution in [-0.4, -0.2) is 46.2 Å². The molecule has 5 nitrogen and oxygen atoms in total. The van der Waals surface area contributed by atoms with Gasteiger partial charge in [0.05, 0.1) is 6.10 Å². The molecule has 1 saturated carbocycles. The van der Waals surface area contributed by atoms with Gasteiger partial charge >= 0.3 is 5.97 Å². The lowest BCUT2D eigenvalue weighted by Gasteiger charge is -2.43. The Morgan fingerprint density at radius 2 is 1.85 bits per heavy atom. The number of aliphatic carboxylic acids is 1. The number of rotatable bonds is 6. The molecule has 142 valence electrons. The van der Waals surface area contributed by atoms with Crippen molar-refractivity contribution in [1.29, 1.82) is 0 Å². The van der Waals surface area contributed by atoms with Gasteiger partial charge in [0, 0.05) is 19.5 Å². The molecule has 1 saturated heterocycles. The van der Waals surface area contributed by atoms with E-state index < -0.39 is 17.5 Å². The van der Waals surface area contributed by atoms with Crippen LogP contribution in [0.4, 0.5) is 0 Å². The van der Waals surface area contributed by atoms with E-state index in [0.29, 0.717) is 18.9 Å². The summed E-state index contributed by atoms with van der Waals surface area (Å²) < 4.78 is 0. The second-order valence-corrected chi connectivity index (χ2v) is 7.92. The van der Waals surface area contributed by atoms with Gasteiger partial charge in [-0.25, -0.2) is 0 Å². The topological polar surface area (TPSA) is 77.8 Å². The first-order valence-electron chi connectivity index (χ1n) is 9.74. The van der Waals surface area contributed by atoms with Gasteiger partial charge in [-0.3, -0.25) is 9.59 Å². The molecule has 1 heterocycles. The molecule has 0 aromatic heterocycles. The number of carbonyl (C=O) groups is 2. The summed E-state index contributed by atoms with van der Waals surface area (Å²) in [6.07, 6.45) is 5.91. The molecule has 0 spiro atoms. The van der Waals surface area contributed by atoms with E-state index in [1.165, 1.54) is 25.7 Å². The maximum Gasteiger partial charge on any atom is 0.312 e. The van der Waals surface area contributed by atoms with Gasteiger partial charge in [-0.2, -0.15) is 0 Å². The lowest BCUT2D eigenvalue weighted by Crippen LogP contribution is -2.57. The zero-order valence-corrected chi connectivity index (χ0v) is 15.3. The summed E-state index contributed by atoms with van der Waals surface area (Å²) in [4.78, 5) is 26.2. The number of likely N-dealkylation sites (tertiary alicyclic amines) is 1. The average Bonchev–Trinajstić information content (AvgIpc) is 3.15. The predicted octanol–water partition coefficient (Wildman–Crippen LogP) is 2.86. The summed E-state index contributed by atoms with van der Waals surface area (Å²) in [5, 5.41) is 20.5. The number of benzene rings is 1. The molecule has 1 aromatic carbocycles. The van der Waals surface area contributed by atoms with Crippen molar-refractivity contribution in [3.8, 4) is 0 Å². The Bertz CT molecular complexity index is 626. The molecule has 1 aromatic rings. The number of carboxylic acid groups (broad SMARTS) is 1. The summed E-state index contributed by atoms with van der Waals surface area (Å²) in [6.45, 7) is 0.516. The summed E-state index contributed by atoms with van der Waals surface area (Å²) in [5.74, 6) is -0.272. The van der Waals surface area contributed by atoms with Crippen LogP contribution in [0.2, 0.25) is 0 Å². The molecular formula is C21H29NO4. The highest BCUT2D eigenvalue weighted by atomic mass is 16.4. The molecule has 1 aliphatic heterocycles. The smallest absolute Gasteiger partial charge is 0.312 e. The third-order valence-electron chi connectivity index (χ3n) is 6.24. The zero-order chi connectivity index (χ0) is 18.6. The van der Waals surface area contributed by atoms with Crippen molar-refractivity contribution in [1.82, 2.24) is 4.90 Å². The highest BCUT2D eigenvalue weighted by Gasteiger charge is 2.49. The minimum absolute atomic E-state index is 0.0506. The summed E-state index contributed by atoms with van der Waals surface area (Å²) in [7, 11) is 0. The molecule has 3 rings (SSSR count). The SMILES string of the molecule is O=C(CCC1CCCC1)N1CC[C@](Cc2ccccc2)(C(=O)O)C(O)C1. The third kappa shape index (κ3) is 4.09. The van der Waals surface area contributed by atoms with Gasteiger partial charge in [0.2, 0.25) is 5.91 Å². The fourth-order valence-electron chi connectivity index (χ4n) is 4.48. The third-order valence-corrected chi connectivity index (χ3v) is 6.24. The van der Waals surface area contributed by atoms with E-state index >= 15 is 0 Å². The number of hydrogen-bond donors (Lipinski definition) is 2. The molecule has 2 atom stereocenters. The van der Waals surface area contributed by atoms with Crippen LogP contribution in [0.15, 0.2) is 30.3 Å². The monoisotopic (exact) mass is 359 g/mol. The number of amides is 1. The Hall–Kier alpha value is -1.88. The van der Waals surface area contributed by atoms with Crippen molar-refractivity contribution in [2.45, 2.75) is 57.5 Å². The molecule has 2 fully saturated rings. The molecule has 5 heteroatoms. The van der Waals surface area contributed by atoms with Crippen molar-refractivity contribution in [2.24, 2.45) is 11.3 Å². The number of carbonyl (C=O) groups excluding carboxylic acids is 1. The quantitative estimate of drug-likeness (QED) is 0.819. The van der Waals surface area contributed by atoms with Crippen molar-refractivity contribution in [2.75, 3.05) is 13.1 Å². The Morgan fingerprint density at radius 1 is 1.15 bits per heavy atom. The predicted molar refractivity (Wildman–Crippen MR) is 98.6 cm³/mol. The lowest BCUT2D eigenvalue weighted by atomic mass is 9.71. The number of piperidine rings is 1. The van der Waals surface area contributed by atoms with E-state index in [-0.39, 0.29) is 25.3 Å². The van der Waals surface area contributed by atoms with Gasteiger partial charge < -0.3 is 15.1 Å². The molecule has 2 aliphatic rings. The van der Waals surface area contributed by atoms with Crippen LogP contribution in [0.5, 0.6) is 0 Å². The summed E-state index contributed by atoms with van der Waals surface area (Å²) >= 11 is 0. The maximum absolute atomic E-state index is 12.5. The first-order valence-corrected chi connectivity index (χ1v) is 9.74. The zero-order valence-electron chi connectivity index (χ0n) is 15.3. The maximum atomic E-state index is 12.5. The van der Waals surface area contributed by atoms with Crippen LogP contribution in [0.3, 0.4) is 0 Å². The normalized spacial score (nSPS) is 26.8. The molecule has 1 unspecified atom stereocenters. The summed E-state index contributed by atoms with van der Waals surface area (Å²) in [5.41, 5.74) is -0.321. The molecule has 1 amide bonds. The van der Waals surface area contributed by atoms with E-state index in [9.17, 15) is 19.8 Å². The van der Waals surface area contributed by atoms with E-state index in [4.69, 9.17) is 0 Å². The summed E-state index contributed by atoms with van der Waals surface area (Å²) in [6, 6.07) is 9.41. The van der Waals surface area contributed by atoms with Gasteiger partial charge in [-0.1, -0.05) is 56.0 Å². The Labute approximate surface area is 155 Å². The van der Waals surface area contributed by atoms with Crippen LogP contribution in [-0.2, 0) is 16.0 Å². The van der Waals surface area contributed by atoms with Gasteiger partial charge in [-0.05, 0) is 30.7 Å². The minimum atomic E-state index is -1.22. The van der Waals surface area contributed by atoms with Crippen LogP contribution >= 0.6 is 0 Å². The molecule has 0 radical (unpaired) electrons. The molecule has 1 aliphatic carbocycles. The lowest BCUT2D eigenvalue weighted by molar-refractivity contribution is -0.166. The molecule has 26 heavy (non-hydrogen) atoms. The van der Waals surface area contributed by atoms with Gasteiger partial charge in [0.25, 0.3) is 0 Å². The Morgan fingerprint density at radius 3 is 2.46 bits per heavy atom. The van der Waals surface area contributed by atoms with E-state index in [0.717, 1.165) is 12.0 Å². The van der Waals surface area contributed by atoms with E-state index in [2.05, 4.69) is 0 Å². The van der Waals surface area contributed by atoms with Gasteiger partial charge in [-0.15, -0.1) is 0 Å². The van der Waals surface area contributed by atoms with Crippen LogP contribution < -0.4 is 0 Å². The fourth-order valence-corrected chi connectivity index (χ4v) is 4.48. The minimum Gasteiger partial charge on any atom is -0.481 e. The van der Waals surface area contributed by atoms with Gasteiger partial charge in [0.1, 0.15) is 5.41 Å². The molecule has 0 bridgehead atoms. The average molecular weight is 359 g/mol. The second kappa shape index (κ2) is 8.21. The van der Waals surface area contributed by atoms with E-state index in [1.807, 2.05) is 30.3 Å². The van der Waals surface area contributed by atoms with Crippen LogP contribution in [0.1, 0.15) is 50.5 Å². The Kier molecular flexibility index (Phi) is 5.97. The number of hydrogen-bond acceptors (Lipinski definition) is 3. The number of aliphatic hydroxyl groups is 1. The first-order chi connectivity index (χ1) is 12.5. The van der Waals surface area contributed by atoms with Gasteiger partial charge in [0.15, 0.2) is 0 Å². The number of aliphatic hydroxyl groups excluding tert-OH is 1. The second-order valence-electron chi connectivity index (χ2n) is 7.92. The highest BCUT2D eigenvalue weighted by molar-refractivity contribution is 5.79. The van der Waals surface area contributed by atoms with Crippen molar-refractivity contribution >= 4 is 11.9 Å². The Balaban J connectivity index is 1.61. The van der Waals surface area contributed by atoms with Crippen LogP contribution in [0, 0.1) is 11.3 Å². The highest BCUT2D eigenvalue weighted by Crippen LogP contribution is 2.36. The first kappa shape index (κ1) is 18.9. The fraction of sp³-hybridized carbons (Fsp3) is 0.619. The molecule has 2 N–H and O–H groups in total. The van der Waals surface area contributed by atoms with Crippen molar-refractivity contribution < 1.29 is 19.8 Å². The standard InChI is InChI=1S/C21H29NO4/c23-18-15-22(19(24)11-10-16-6-4-5-7-16)13-12-21(18,20(25)26)14-17-8-2-1-3-9-17/h1-3,8-9,16,18,23H,4-7,10-15H2,(H,25,26)/t18?,21-/m1/s1. The number of carboxylic acids is 1. The molecular weight excluding hydrogens is 330 g/mol. The largest absolute Gasteiger partial charge is 0.481 e.